The smallest absolute Gasteiger partial charge is 0.221 e. The highest BCUT2D eigenvalue weighted by atomic mass is 16.5. The second-order valence-corrected chi connectivity index (χ2v) is 5.08. The van der Waals surface area contributed by atoms with Gasteiger partial charge in [0.25, 0.3) is 0 Å². The van der Waals surface area contributed by atoms with Gasteiger partial charge in [0.1, 0.15) is 0 Å². The van der Waals surface area contributed by atoms with Gasteiger partial charge < -0.3 is 15.4 Å². The summed E-state index contributed by atoms with van der Waals surface area (Å²) in [4.78, 5) is 11.4. The van der Waals surface area contributed by atoms with E-state index in [9.17, 15) is 4.79 Å². The molecule has 1 saturated heterocycles. The van der Waals surface area contributed by atoms with Gasteiger partial charge in [-0.15, -0.1) is 0 Å². The normalized spacial score (nSPS) is 29.7. The zero-order valence-electron chi connectivity index (χ0n) is 10.8. The maximum absolute atomic E-state index is 11.4. The van der Waals surface area contributed by atoms with Crippen molar-refractivity contribution in [3.63, 3.8) is 0 Å². The van der Waals surface area contributed by atoms with Crippen LogP contribution in [0.1, 0.15) is 40.5 Å². The maximum atomic E-state index is 11.4. The summed E-state index contributed by atoms with van der Waals surface area (Å²) in [7, 11) is 0. The van der Waals surface area contributed by atoms with Crippen molar-refractivity contribution >= 4 is 5.91 Å². The molecular weight excluding hydrogens is 204 g/mol. The van der Waals surface area contributed by atoms with E-state index in [1.165, 1.54) is 0 Å². The van der Waals surface area contributed by atoms with Crippen LogP contribution in [0, 0.1) is 0 Å². The molecule has 94 valence electrons. The summed E-state index contributed by atoms with van der Waals surface area (Å²) >= 11 is 0. The zero-order valence-corrected chi connectivity index (χ0v) is 10.8. The Labute approximate surface area is 98.1 Å². The average molecular weight is 228 g/mol. The molecule has 0 radical (unpaired) electrons. The molecule has 1 aliphatic heterocycles. The molecule has 0 aromatic carbocycles. The second kappa shape index (κ2) is 5.64. The maximum Gasteiger partial charge on any atom is 0.221 e. The van der Waals surface area contributed by atoms with E-state index in [4.69, 9.17) is 4.74 Å². The van der Waals surface area contributed by atoms with Gasteiger partial charge in [-0.3, -0.25) is 4.79 Å². The van der Waals surface area contributed by atoms with Crippen LogP contribution in [-0.2, 0) is 9.53 Å². The Hall–Kier alpha value is -0.610. The Morgan fingerprint density at radius 3 is 2.75 bits per heavy atom. The standard InChI is InChI=1S/C12H24N2O2/c1-9(2)14-11(15)5-7-13-12(4)6-8-16-10(12)3/h9-10,13H,5-8H2,1-4H3,(H,14,15). The molecular formula is C12H24N2O2. The fourth-order valence-corrected chi connectivity index (χ4v) is 1.92. The van der Waals surface area contributed by atoms with Gasteiger partial charge in [-0.05, 0) is 34.1 Å². The highest BCUT2D eigenvalue weighted by Gasteiger charge is 2.36. The van der Waals surface area contributed by atoms with Gasteiger partial charge in [0.2, 0.25) is 5.91 Å². The summed E-state index contributed by atoms with van der Waals surface area (Å²) in [6, 6.07) is 0.219. The Morgan fingerprint density at radius 2 is 2.25 bits per heavy atom. The molecule has 2 unspecified atom stereocenters. The summed E-state index contributed by atoms with van der Waals surface area (Å²) in [6.07, 6.45) is 1.76. The molecule has 0 aromatic rings. The molecule has 0 aromatic heterocycles. The molecule has 1 fully saturated rings. The monoisotopic (exact) mass is 228 g/mol. The highest BCUT2D eigenvalue weighted by Crippen LogP contribution is 2.24. The van der Waals surface area contributed by atoms with E-state index in [-0.39, 0.29) is 23.6 Å². The largest absolute Gasteiger partial charge is 0.377 e. The van der Waals surface area contributed by atoms with Crippen LogP contribution >= 0.6 is 0 Å². The van der Waals surface area contributed by atoms with Crippen molar-refractivity contribution in [3.8, 4) is 0 Å². The van der Waals surface area contributed by atoms with Gasteiger partial charge in [0.15, 0.2) is 0 Å². The van der Waals surface area contributed by atoms with Crippen molar-refractivity contribution in [2.75, 3.05) is 13.2 Å². The fourth-order valence-electron chi connectivity index (χ4n) is 1.92. The Kier molecular flexibility index (Phi) is 4.74. The van der Waals surface area contributed by atoms with Crippen LogP contribution in [0.2, 0.25) is 0 Å². The van der Waals surface area contributed by atoms with Gasteiger partial charge in [0, 0.05) is 31.2 Å². The fraction of sp³-hybridized carbons (Fsp3) is 0.917. The number of amides is 1. The van der Waals surface area contributed by atoms with Crippen LogP contribution in [-0.4, -0.2) is 36.7 Å². The molecule has 4 nitrogen and oxygen atoms in total. The topological polar surface area (TPSA) is 50.4 Å². The SMILES string of the molecule is CC(C)NC(=O)CCNC1(C)CCOC1C. The lowest BCUT2D eigenvalue weighted by molar-refractivity contribution is -0.121. The Bertz CT molecular complexity index is 243. The van der Waals surface area contributed by atoms with Gasteiger partial charge in [-0.1, -0.05) is 0 Å². The van der Waals surface area contributed by atoms with Crippen molar-refractivity contribution in [1.82, 2.24) is 10.6 Å². The molecule has 0 aliphatic carbocycles. The van der Waals surface area contributed by atoms with Crippen LogP contribution in [0.3, 0.4) is 0 Å². The third-order valence-electron chi connectivity index (χ3n) is 3.22. The highest BCUT2D eigenvalue weighted by molar-refractivity contribution is 5.76. The van der Waals surface area contributed by atoms with Gasteiger partial charge in [-0.2, -0.15) is 0 Å². The van der Waals surface area contributed by atoms with E-state index in [1.807, 2.05) is 13.8 Å². The molecule has 0 saturated carbocycles. The number of hydrogen-bond donors (Lipinski definition) is 2. The number of rotatable bonds is 5. The van der Waals surface area contributed by atoms with E-state index in [0.29, 0.717) is 13.0 Å². The summed E-state index contributed by atoms with van der Waals surface area (Å²) in [5, 5.41) is 6.31. The minimum atomic E-state index is 0.0259. The molecule has 1 aliphatic rings. The van der Waals surface area contributed by atoms with Crippen LogP contribution in [0.15, 0.2) is 0 Å². The molecule has 1 amide bonds. The minimum Gasteiger partial charge on any atom is -0.377 e. The van der Waals surface area contributed by atoms with Crippen molar-refractivity contribution in [3.05, 3.63) is 0 Å². The van der Waals surface area contributed by atoms with Crippen LogP contribution in [0.25, 0.3) is 0 Å². The molecule has 2 N–H and O–H groups in total. The summed E-state index contributed by atoms with van der Waals surface area (Å²) in [5.41, 5.74) is 0.0259. The first-order valence-electron chi connectivity index (χ1n) is 6.10. The van der Waals surface area contributed by atoms with Crippen molar-refractivity contribution < 1.29 is 9.53 Å². The molecule has 4 heteroatoms. The first-order chi connectivity index (χ1) is 7.44. The van der Waals surface area contributed by atoms with E-state index in [2.05, 4.69) is 24.5 Å². The summed E-state index contributed by atoms with van der Waals surface area (Å²) in [5.74, 6) is 0.109. The molecule has 0 bridgehead atoms. The van der Waals surface area contributed by atoms with E-state index in [1.54, 1.807) is 0 Å². The molecule has 1 rings (SSSR count). The lowest BCUT2D eigenvalue weighted by atomic mass is 9.94. The first-order valence-corrected chi connectivity index (χ1v) is 6.10. The minimum absolute atomic E-state index is 0.0259. The summed E-state index contributed by atoms with van der Waals surface area (Å²) < 4.78 is 5.53. The number of hydrogen-bond acceptors (Lipinski definition) is 3. The predicted octanol–water partition coefficient (Wildman–Crippen LogP) is 1.06. The molecule has 2 atom stereocenters. The second-order valence-electron chi connectivity index (χ2n) is 5.08. The van der Waals surface area contributed by atoms with Crippen molar-refractivity contribution in [2.24, 2.45) is 0 Å². The van der Waals surface area contributed by atoms with E-state index < -0.39 is 0 Å². The lowest BCUT2D eigenvalue weighted by Gasteiger charge is -2.29. The predicted molar refractivity (Wildman–Crippen MR) is 64.3 cm³/mol. The number of carbonyl (C=O) groups excluding carboxylic acids is 1. The van der Waals surface area contributed by atoms with Crippen LogP contribution < -0.4 is 10.6 Å². The van der Waals surface area contributed by atoms with Crippen LogP contribution in [0.4, 0.5) is 0 Å². The molecule has 16 heavy (non-hydrogen) atoms. The van der Waals surface area contributed by atoms with E-state index >= 15 is 0 Å². The van der Waals surface area contributed by atoms with Crippen LogP contribution in [0.5, 0.6) is 0 Å². The molecule has 1 heterocycles. The van der Waals surface area contributed by atoms with Crippen molar-refractivity contribution in [1.29, 1.82) is 0 Å². The third-order valence-corrected chi connectivity index (χ3v) is 3.22. The Balaban J connectivity index is 2.22. The van der Waals surface area contributed by atoms with E-state index in [0.717, 1.165) is 13.0 Å². The van der Waals surface area contributed by atoms with Gasteiger partial charge in [-0.25, -0.2) is 0 Å². The summed E-state index contributed by atoms with van der Waals surface area (Å²) in [6.45, 7) is 9.70. The Morgan fingerprint density at radius 1 is 1.56 bits per heavy atom. The molecule has 0 spiro atoms. The quantitative estimate of drug-likeness (QED) is 0.739. The average Bonchev–Trinajstić information content (AvgIpc) is 2.46. The first kappa shape index (κ1) is 13.5. The number of carbonyl (C=O) groups is 1. The zero-order chi connectivity index (χ0) is 12.2. The number of nitrogens with one attached hydrogen (secondary N) is 2. The number of ether oxygens (including phenoxy) is 1. The third kappa shape index (κ3) is 3.76. The van der Waals surface area contributed by atoms with Gasteiger partial charge in [0.05, 0.1) is 6.10 Å². The lowest BCUT2D eigenvalue weighted by Crippen LogP contribution is -2.48. The van der Waals surface area contributed by atoms with Gasteiger partial charge >= 0.3 is 0 Å². The van der Waals surface area contributed by atoms with Crippen molar-refractivity contribution in [2.45, 2.75) is 58.2 Å².